The molecule has 4 nitrogen and oxygen atoms in total. The van der Waals surface area contributed by atoms with Crippen molar-refractivity contribution in [3.63, 3.8) is 0 Å². The second-order valence-electron chi connectivity index (χ2n) is 3.12. The Morgan fingerprint density at radius 1 is 1.62 bits per heavy atom. The highest BCUT2D eigenvalue weighted by Gasteiger charge is 2.02. The van der Waals surface area contributed by atoms with Gasteiger partial charge in [0.1, 0.15) is 0 Å². The van der Waals surface area contributed by atoms with Crippen molar-refractivity contribution in [1.29, 1.82) is 0 Å². The molecule has 0 aliphatic heterocycles. The lowest BCUT2D eigenvalue weighted by Gasteiger charge is -2.12. The Bertz CT molecular complexity index is 211. The fourth-order valence-electron chi connectivity index (χ4n) is 1.15. The van der Waals surface area contributed by atoms with Crippen LogP contribution in [0.25, 0.3) is 0 Å². The van der Waals surface area contributed by atoms with Gasteiger partial charge in [-0.25, -0.2) is 0 Å². The molecule has 0 aliphatic carbocycles. The molecule has 0 bridgehead atoms. The molecule has 0 radical (unpaired) electrons. The van der Waals surface area contributed by atoms with E-state index >= 15 is 0 Å². The van der Waals surface area contributed by atoms with Gasteiger partial charge in [0.05, 0.1) is 6.04 Å². The van der Waals surface area contributed by atoms with Crippen molar-refractivity contribution in [2.75, 3.05) is 19.7 Å². The molecule has 0 amide bonds. The minimum absolute atomic E-state index is 0.253. The first-order chi connectivity index (χ1) is 6.34. The molecule has 1 unspecified atom stereocenters. The van der Waals surface area contributed by atoms with E-state index in [2.05, 4.69) is 17.3 Å². The summed E-state index contributed by atoms with van der Waals surface area (Å²) < 4.78 is 1.92. The fourth-order valence-corrected chi connectivity index (χ4v) is 1.15. The molecule has 1 atom stereocenters. The quantitative estimate of drug-likeness (QED) is 0.628. The van der Waals surface area contributed by atoms with Gasteiger partial charge in [0.25, 0.3) is 0 Å². The molecule has 1 rings (SSSR count). The molecule has 4 heteroatoms. The van der Waals surface area contributed by atoms with Gasteiger partial charge in [0.15, 0.2) is 0 Å². The molecule has 0 saturated carbocycles. The third kappa shape index (κ3) is 3.57. The van der Waals surface area contributed by atoms with Crippen LogP contribution < -0.4 is 5.32 Å². The first kappa shape index (κ1) is 10.2. The molecular weight excluding hydrogens is 166 g/mol. The second-order valence-corrected chi connectivity index (χ2v) is 3.12. The molecule has 1 aromatic heterocycles. The largest absolute Gasteiger partial charge is 0.396 e. The summed E-state index contributed by atoms with van der Waals surface area (Å²) in [5, 5.41) is 16.0. The van der Waals surface area contributed by atoms with Gasteiger partial charge in [-0.05, 0) is 26.0 Å². The summed E-state index contributed by atoms with van der Waals surface area (Å²) in [6, 6.07) is 2.29. The van der Waals surface area contributed by atoms with E-state index in [0.717, 1.165) is 19.5 Å². The number of nitrogens with one attached hydrogen (secondary N) is 1. The standard InChI is InChI=1S/C9H17N3O/c1-9(8-10-4-3-7-13)12-6-2-5-11-12/h2,5-6,9-10,13H,3-4,7-8H2,1H3. The average Bonchev–Trinajstić information content (AvgIpc) is 2.65. The van der Waals surface area contributed by atoms with Gasteiger partial charge in [-0.2, -0.15) is 5.10 Å². The van der Waals surface area contributed by atoms with Crippen LogP contribution >= 0.6 is 0 Å². The van der Waals surface area contributed by atoms with Gasteiger partial charge in [0, 0.05) is 25.5 Å². The molecule has 0 aliphatic rings. The van der Waals surface area contributed by atoms with E-state index in [1.54, 1.807) is 6.20 Å². The summed E-state index contributed by atoms with van der Waals surface area (Å²) in [5.41, 5.74) is 0. The molecule has 1 heterocycles. The van der Waals surface area contributed by atoms with Crippen molar-refractivity contribution in [2.24, 2.45) is 0 Å². The zero-order valence-corrected chi connectivity index (χ0v) is 7.98. The minimum Gasteiger partial charge on any atom is -0.396 e. The van der Waals surface area contributed by atoms with E-state index in [1.807, 2.05) is 16.9 Å². The molecule has 1 aromatic rings. The SMILES string of the molecule is CC(CNCCCO)n1cccn1. The van der Waals surface area contributed by atoms with Crippen LogP contribution in [0.2, 0.25) is 0 Å². The van der Waals surface area contributed by atoms with Gasteiger partial charge in [-0.3, -0.25) is 4.68 Å². The highest BCUT2D eigenvalue weighted by Crippen LogP contribution is 2.00. The summed E-state index contributed by atoms with van der Waals surface area (Å²) in [4.78, 5) is 0. The van der Waals surface area contributed by atoms with Crippen LogP contribution in [-0.2, 0) is 0 Å². The zero-order chi connectivity index (χ0) is 9.52. The second kappa shape index (κ2) is 5.72. The number of aliphatic hydroxyl groups is 1. The molecule has 0 fully saturated rings. The fraction of sp³-hybridized carbons (Fsp3) is 0.667. The van der Waals surface area contributed by atoms with E-state index < -0.39 is 0 Å². The number of aliphatic hydroxyl groups excluding tert-OH is 1. The van der Waals surface area contributed by atoms with Crippen molar-refractivity contribution in [1.82, 2.24) is 15.1 Å². The third-order valence-electron chi connectivity index (χ3n) is 1.93. The van der Waals surface area contributed by atoms with Crippen LogP contribution in [0.3, 0.4) is 0 Å². The first-order valence-electron chi connectivity index (χ1n) is 4.65. The summed E-state index contributed by atoms with van der Waals surface area (Å²) in [6.45, 7) is 4.12. The highest BCUT2D eigenvalue weighted by molar-refractivity contribution is 4.80. The van der Waals surface area contributed by atoms with Crippen LogP contribution in [0.1, 0.15) is 19.4 Å². The summed E-state index contributed by atoms with van der Waals surface area (Å²) >= 11 is 0. The minimum atomic E-state index is 0.253. The van der Waals surface area contributed by atoms with Crippen LogP contribution in [0.5, 0.6) is 0 Å². The Morgan fingerprint density at radius 2 is 2.46 bits per heavy atom. The Balaban J connectivity index is 2.15. The van der Waals surface area contributed by atoms with Crippen molar-refractivity contribution < 1.29 is 5.11 Å². The van der Waals surface area contributed by atoms with E-state index in [4.69, 9.17) is 5.11 Å². The van der Waals surface area contributed by atoms with Gasteiger partial charge in [-0.1, -0.05) is 0 Å². The summed E-state index contributed by atoms with van der Waals surface area (Å²) in [6.07, 6.45) is 4.55. The average molecular weight is 183 g/mol. The van der Waals surface area contributed by atoms with Crippen molar-refractivity contribution >= 4 is 0 Å². The first-order valence-corrected chi connectivity index (χ1v) is 4.65. The lowest BCUT2D eigenvalue weighted by atomic mass is 10.3. The van der Waals surface area contributed by atoms with Crippen molar-refractivity contribution in [2.45, 2.75) is 19.4 Å². The van der Waals surface area contributed by atoms with Crippen LogP contribution in [-0.4, -0.2) is 34.6 Å². The number of rotatable bonds is 6. The molecule has 74 valence electrons. The Morgan fingerprint density at radius 3 is 3.08 bits per heavy atom. The van der Waals surface area contributed by atoms with Gasteiger partial charge in [-0.15, -0.1) is 0 Å². The third-order valence-corrected chi connectivity index (χ3v) is 1.93. The van der Waals surface area contributed by atoms with E-state index in [-0.39, 0.29) is 6.61 Å². The number of hydrogen-bond acceptors (Lipinski definition) is 3. The molecule has 0 spiro atoms. The van der Waals surface area contributed by atoms with Gasteiger partial charge in [0.2, 0.25) is 0 Å². The normalized spacial score (nSPS) is 13.1. The van der Waals surface area contributed by atoms with Crippen molar-refractivity contribution in [3.8, 4) is 0 Å². The van der Waals surface area contributed by atoms with E-state index in [1.165, 1.54) is 0 Å². The smallest absolute Gasteiger partial charge is 0.0615 e. The molecular formula is C9H17N3O. The topological polar surface area (TPSA) is 50.1 Å². The van der Waals surface area contributed by atoms with E-state index in [9.17, 15) is 0 Å². The van der Waals surface area contributed by atoms with Gasteiger partial charge >= 0.3 is 0 Å². The molecule has 2 N–H and O–H groups in total. The molecule has 13 heavy (non-hydrogen) atoms. The monoisotopic (exact) mass is 183 g/mol. The lowest BCUT2D eigenvalue weighted by Crippen LogP contribution is -2.25. The number of hydrogen-bond donors (Lipinski definition) is 2. The lowest BCUT2D eigenvalue weighted by molar-refractivity contribution is 0.284. The zero-order valence-electron chi connectivity index (χ0n) is 7.98. The predicted octanol–water partition coefficient (Wildman–Crippen LogP) is 0.416. The Kier molecular flexibility index (Phi) is 4.49. The maximum absolute atomic E-state index is 8.56. The van der Waals surface area contributed by atoms with Crippen molar-refractivity contribution in [3.05, 3.63) is 18.5 Å². The van der Waals surface area contributed by atoms with Crippen LogP contribution in [0, 0.1) is 0 Å². The molecule has 0 aromatic carbocycles. The highest BCUT2D eigenvalue weighted by atomic mass is 16.3. The van der Waals surface area contributed by atoms with Crippen LogP contribution in [0.15, 0.2) is 18.5 Å². The summed E-state index contributed by atoms with van der Waals surface area (Å²) in [7, 11) is 0. The maximum atomic E-state index is 8.56. The maximum Gasteiger partial charge on any atom is 0.0615 e. The van der Waals surface area contributed by atoms with E-state index in [0.29, 0.717) is 6.04 Å². The Labute approximate surface area is 78.6 Å². The Hall–Kier alpha value is -0.870. The molecule has 0 saturated heterocycles. The predicted molar refractivity (Wildman–Crippen MR) is 51.5 cm³/mol. The summed E-state index contributed by atoms with van der Waals surface area (Å²) in [5.74, 6) is 0. The van der Waals surface area contributed by atoms with Crippen LogP contribution in [0.4, 0.5) is 0 Å². The number of aromatic nitrogens is 2. The number of nitrogens with zero attached hydrogens (tertiary/aromatic N) is 2. The van der Waals surface area contributed by atoms with Gasteiger partial charge < -0.3 is 10.4 Å².